The number of para-hydroxylation sites is 1. The molecule has 6 heteroatoms. The minimum absolute atomic E-state index is 0.0156. The molecule has 2 N–H and O–H groups in total. The largest absolute Gasteiger partial charge is 0.493 e. The molecule has 0 aliphatic carbocycles. The normalized spacial score (nSPS) is 18.6. The molecule has 162 valence electrons. The van der Waals surface area contributed by atoms with E-state index in [-0.39, 0.29) is 18.4 Å². The van der Waals surface area contributed by atoms with Crippen molar-refractivity contribution < 1.29 is 24.3 Å². The molecule has 1 heterocycles. The first-order chi connectivity index (χ1) is 14.7. The van der Waals surface area contributed by atoms with Crippen LogP contribution in [0.4, 0.5) is 0 Å². The Morgan fingerprint density at radius 1 is 1.07 bits per heavy atom. The molecule has 2 aromatic rings. The van der Waals surface area contributed by atoms with Crippen molar-refractivity contribution in [3.63, 3.8) is 0 Å². The fourth-order valence-corrected chi connectivity index (χ4v) is 4.26. The zero-order chi connectivity index (χ0) is 21.3. The lowest BCUT2D eigenvalue weighted by Crippen LogP contribution is -3.11. The minimum atomic E-state index is -0.0156. The van der Waals surface area contributed by atoms with Gasteiger partial charge in [0.2, 0.25) is 5.91 Å². The number of aliphatic hydroxyl groups excluding tert-OH is 1. The molecule has 1 fully saturated rings. The molecule has 1 saturated heterocycles. The summed E-state index contributed by atoms with van der Waals surface area (Å²) < 4.78 is 11.0. The van der Waals surface area contributed by atoms with Crippen LogP contribution in [-0.2, 0) is 17.9 Å². The zero-order valence-corrected chi connectivity index (χ0v) is 18.0. The highest BCUT2D eigenvalue weighted by Crippen LogP contribution is 2.30. The summed E-state index contributed by atoms with van der Waals surface area (Å²) in [7, 11) is 3.32. The van der Waals surface area contributed by atoms with Gasteiger partial charge in [0.05, 0.1) is 39.5 Å². The van der Waals surface area contributed by atoms with E-state index >= 15 is 0 Å². The molecule has 1 amide bonds. The summed E-state index contributed by atoms with van der Waals surface area (Å²) in [6, 6.07) is 15.9. The summed E-state index contributed by atoms with van der Waals surface area (Å²) >= 11 is 0. The second kappa shape index (κ2) is 11.0. The van der Waals surface area contributed by atoms with Crippen LogP contribution >= 0.6 is 0 Å². The van der Waals surface area contributed by atoms with E-state index in [4.69, 9.17) is 9.47 Å². The molecule has 30 heavy (non-hydrogen) atoms. The number of rotatable bonds is 9. The van der Waals surface area contributed by atoms with E-state index in [0.29, 0.717) is 13.1 Å². The topological polar surface area (TPSA) is 63.4 Å². The number of hydrogen-bond donors (Lipinski definition) is 2. The Balaban J connectivity index is 1.58. The minimum Gasteiger partial charge on any atom is -0.493 e. The van der Waals surface area contributed by atoms with Gasteiger partial charge in [0, 0.05) is 31.8 Å². The second-order valence-electron chi connectivity index (χ2n) is 7.82. The SMILES string of the molecule is COc1cccc(C[NH+]2CCC(C(=O)N(CCO)Cc3ccccc3)CC2)c1OC. The molecule has 1 aliphatic heterocycles. The van der Waals surface area contributed by atoms with Crippen molar-refractivity contribution in [2.24, 2.45) is 5.92 Å². The maximum absolute atomic E-state index is 13.1. The smallest absolute Gasteiger partial charge is 0.226 e. The lowest BCUT2D eigenvalue weighted by Gasteiger charge is -2.32. The average Bonchev–Trinajstić information content (AvgIpc) is 2.79. The predicted molar refractivity (Wildman–Crippen MR) is 116 cm³/mol. The van der Waals surface area contributed by atoms with Crippen molar-refractivity contribution in [1.82, 2.24) is 4.90 Å². The maximum atomic E-state index is 13.1. The van der Waals surface area contributed by atoms with E-state index in [2.05, 4.69) is 6.07 Å². The zero-order valence-electron chi connectivity index (χ0n) is 18.0. The van der Waals surface area contributed by atoms with E-state index in [1.807, 2.05) is 42.5 Å². The van der Waals surface area contributed by atoms with Crippen LogP contribution in [0.15, 0.2) is 48.5 Å². The Labute approximate surface area is 179 Å². The van der Waals surface area contributed by atoms with E-state index in [1.165, 1.54) is 4.90 Å². The van der Waals surface area contributed by atoms with E-state index in [9.17, 15) is 9.90 Å². The van der Waals surface area contributed by atoms with Crippen molar-refractivity contribution in [2.45, 2.75) is 25.9 Å². The lowest BCUT2D eigenvalue weighted by molar-refractivity contribution is -0.919. The number of carbonyl (C=O) groups is 1. The van der Waals surface area contributed by atoms with Crippen molar-refractivity contribution in [3.05, 3.63) is 59.7 Å². The van der Waals surface area contributed by atoms with Gasteiger partial charge >= 0.3 is 0 Å². The number of ether oxygens (including phenoxy) is 2. The summed E-state index contributed by atoms with van der Waals surface area (Å²) in [6.07, 6.45) is 1.72. The third kappa shape index (κ3) is 5.52. The Morgan fingerprint density at radius 2 is 1.80 bits per heavy atom. The third-order valence-corrected chi connectivity index (χ3v) is 5.86. The first-order valence-electron chi connectivity index (χ1n) is 10.6. The molecule has 3 rings (SSSR count). The van der Waals surface area contributed by atoms with E-state index in [1.54, 1.807) is 19.1 Å². The van der Waals surface area contributed by atoms with Gasteiger partial charge in [0.25, 0.3) is 0 Å². The second-order valence-corrected chi connectivity index (χ2v) is 7.82. The first kappa shape index (κ1) is 22.1. The van der Waals surface area contributed by atoms with Crippen molar-refractivity contribution in [1.29, 1.82) is 0 Å². The lowest BCUT2D eigenvalue weighted by atomic mass is 9.94. The number of carbonyl (C=O) groups excluding carboxylic acids is 1. The quantitative estimate of drug-likeness (QED) is 0.654. The van der Waals surface area contributed by atoms with Gasteiger partial charge in [0.1, 0.15) is 6.54 Å². The number of hydrogen-bond acceptors (Lipinski definition) is 4. The standard InChI is InChI=1S/C24H32N2O4/c1-29-22-10-6-9-21(23(22)30-2)18-25-13-11-20(12-14-25)24(28)26(15-16-27)17-19-7-4-3-5-8-19/h3-10,20,27H,11-18H2,1-2H3/p+1. The Morgan fingerprint density at radius 3 is 2.43 bits per heavy atom. The number of methoxy groups -OCH3 is 2. The Kier molecular flexibility index (Phi) is 8.11. The van der Waals surface area contributed by atoms with Crippen molar-refractivity contribution >= 4 is 5.91 Å². The molecule has 1 aliphatic rings. The predicted octanol–water partition coefficient (Wildman–Crippen LogP) is 1.52. The average molecular weight is 414 g/mol. The molecule has 0 radical (unpaired) electrons. The molecule has 0 spiro atoms. The molecular weight excluding hydrogens is 380 g/mol. The highest BCUT2D eigenvalue weighted by Gasteiger charge is 2.31. The highest BCUT2D eigenvalue weighted by atomic mass is 16.5. The molecule has 0 unspecified atom stereocenters. The van der Waals surface area contributed by atoms with Gasteiger partial charge in [0.15, 0.2) is 11.5 Å². The maximum Gasteiger partial charge on any atom is 0.226 e. The third-order valence-electron chi connectivity index (χ3n) is 5.86. The van der Waals surface area contributed by atoms with Crippen LogP contribution in [0.5, 0.6) is 11.5 Å². The molecule has 0 aromatic heterocycles. The number of nitrogens with one attached hydrogen (secondary N) is 1. The number of aliphatic hydroxyl groups is 1. The number of piperidine rings is 1. The van der Waals surface area contributed by atoms with Crippen LogP contribution in [0.2, 0.25) is 0 Å². The number of likely N-dealkylation sites (tertiary alicyclic amines) is 1. The molecule has 6 nitrogen and oxygen atoms in total. The van der Waals surface area contributed by atoms with Crippen LogP contribution in [0.3, 0.4) is 0 Å². The van der Waals surface area contributed by atoms with Crippen molar-refractivity contribution in [3.8, 4) is 11.5 Å². The van der Waals surface area contributed by atoms with Crippen LogP contribution in [-0.4, -0.2) is 56.4 Å². The van der Waals surface area contributed by atoms with Crippen LogP contribution in [0, 0.1) is 5.92 Å². The molecule has 0 bridgehead atoms. The summed E-state index contributed by atoms with van der Waals surface area (Å²) in [5, 5.41) is 9.44. The van der Waals surface area contributed by atoms with Gasteiger partial charge in [-0.15, -0.1) is 0 Å². The van der Waals surface area contributed by atoms with Gasteiger partial charge in [-0.05, 0) is 17.7 Å². The monoisotopic (exact) mass is 413 g/mol. The molecule has 0 atom stereocenters. The number of amides is 1. The van der Waals surface area contributed by atoms with Gasteiger partial charge < -0.3 is 24.4 Å². The summed E-state index contributed by atoms with van der Waals surface area (Å²) in [4.78, 5) is 16.4. The summed E-state index contributed by atoms with van der Waals surface area (Å²) in [5.41, 5.74) is 2.22. The van der Waals surface area contributed by atoms with Gasteiger partial charge in [-0.2, -0.15) is 0 Å². The Hall–Kier alpha value is -2.57. The first-order valence-corrected chi connectivity index (χ1v) is 10.6. The van der Waals surface area contributed by atoms with Crippen molar-refractivity contribution in [2.75, 3.05) is 40.5 Å². The fourth-order valence-electron chi connectivity index (χ4n) is 4.26. The highest BCUT2D eigenvalue weighted by molar-refractivity contribution is 5.79. The van der Waals surface area contributed by atoms with Crippen LogP contribution in [0.25, 0.3) is 0 Å². The number of benzene rings is 2. The van der Waals surface area contributed by atoms with Gasteiger partial charge in [-0.3, -0.25) is 4.79 Å². The van der Waals surface area contributed by atoms with E-state index in [0.717, 1.165) is 55.1 Å². The fraction of sp³-hybridized carbons (Fsp3) is 0.458. The molecule has 0 saturated carbocycles. The summed E-state index contributed by atoms with van der Waals surface area (Å²) in [6.45, 7) is 3.64. The number of quaternary nitrogens is 1. The number of nitrogens with zero attached hydrogens (tertiary/aromatic N) is 1. The van der Waals surface area contributed by atoms with E-state index < -0.39 is 0 Å². The summed E-state index contributed by atoms with van der Waals surface area (Å²) in [5.74, 6) is 1.73. The molecular formula is C24H33N2O4+. The van der Waals surface area contributed by atoms with Crippen LogP contribution in [0.1, 0.15) is 24.0 Å². The van der Waals surface area contributed by atoms with Gasteiger partial charge in [-0.25, -0.2) is 0 Å². The Bertz CT molecular complexity index is 804. The van der Waals surface area contributed by atoms with Gasteiger partial charge in [-0.1, -0.05) is 36.4 Å². The van der Waals surface area contributed by atoms with Crippen LogP contribution < -0.4 is 14.4 Å². The molecule has 2 aromatic carbocycles.